The van der Waals surface area contributed by atoms with Crippen LogP contribution in [0.15, 0.2) is 0 Å². The van der Waals surface area contributed by atoms with Crippen LogP contribution in [0.2, 0.25) is 0 Å². The standard InChI is InChI=1S/C17H29N5O9/c18-16(29)15(17(30)31)11-7-22(10-14(27)28)6-5-21(9-13(25)26)4-3-20(2-1-19-11)8-12(23)24/h11,15,19H,1-10H2,(H2,18,29)(H,23,24)(H,25,26)(H,27,28)(H,30,31). The molecule has 0 saturated carbocycles. The molecule has 0 aliphatic carbocycles. The highest BCUT2D eigenvalue weighted by atomic mass is 16.4. The molecule has 31 heavy (non-hydrogen) atoms. The first-order valence-electron chi connectivity index (χ1n) is 9.57. The predicted octanol–water partition coefficient (Wildman–Crippen LogP) is -3.70. The Labute approximate surface area is 178 Å². The Morgan fingerprint density at radius 1 is 0.774 bits per heavy atom. The Morgan fingerprint density at radius 2 is 1.19 bits per heavy atom. The lowest BCUT2D eigenvalue weighted by molar-refractivity contribution is -0.147. The molecule has 1 amide bonds. The van der Waals surface area contributed by atoms with Gasteiger partial charge in [0.2, 0.25) is 5.91 Å². The lowest BCUT2D eigenvalue weighted by Crippen LogP contribution is -2.56. The molecule has 1 saturated heterocycles. The molecule has 0 bridgehead atoms. The second-order valence-corrected chi connectivity index (χ2v) is 7.25. The first kappa shape index (κ1) is 26.2. The normalized spacial score (nSPS) is 21.4. The smallest absolute Gasteiger partial charge is 0.317 e. The van der Waals surface area contributed by atoms with E-state index in [4.69, 9.17) is 15.9 Å². The summed E-state index contributed by atoms with van der Waals surface area (Å²) in [6, 6.07) is -1.03. The maximum absolute atomic E-state index is 11.7. The summed E-state index contributed by atoms with van der Waals surface area (Å²) in [5.41, 5.74) is 5.24. The minimum Gasteiger partial charge on any atom is -0.481 e. The Balaban J connectivity index is 3.14. The number of nitrogens with one attached hydrogen (secondary N) is 1. The van der Waals surface area contributed by atoms with Gasteiger partial charge in [0.05, 0.1) is 19.6 Å². The molecule has 1 aliphatic heterocycles. The third-order valence-corrected chi connectivity index (χ3v) is 4.81. The van der Waals surface area contributed by atoms with E-state index < -0.39 is 48.3 Å². The van der Waals surface area contributed by atoms with Gasteiger partial charge in [0.25, 0.3) is 0 Å². The zero-order valence-corrected chi connectivity index (χ0v) is 17.0. The van der Waals surface area contributed by atoms with Crippen LogP contribution in [-0.4, -0.2) is 136 Å². The third-order valence-electron chi connectivity index (χ3n) is 4.81. The molecule has 0 aromatic rings. The largest absolute Gasteiger partial charge is 0.481 e. The van der Waals surface area contributed by atoms with Crippen molar-refractivity contribution in [2.75, 3.05) is 65.4 Å². The average Bonchev–Trinajstić information content (AvgIpc) is 2.60. The molecular formula is C17H29N5O9. The maximum Gasteiger partial charge on any atom is 0.317 e. The lowest BCUT2D eigenvalue weighted by Gasteiger charge is -2.33. The topological polar surface area (TPSA) is 214 Å². The van der Waals surface area contributed by atoms with Crippen LogP contribution in [0.1, 0.15) is 0 Å². The van der Waals surface area contributed by atoms with Crippen LogP contribution in [-0.2, 0) is 24.0 Å². The van der Waals surface area contributed by atoms with Gasteiger partial charge in [-0.25, -0.2) is 0 Å². The molecule has 0 aromatic carbocycles. The van der Waals surface area contributed by atoms with Gasteiger partial charge in [-0.3, -0.25) is 38.7 Å². The molecule has 1 fully saturated rings. The summed E-state index contributed by atoms with van der Waals surface area (Å²) in [6.07, 6.45) is 0. The SMILES string of the molecule is NC(=O)C(C(=O)O)C1CN(CC(=O)O)CCN(CC(=O)O)CCN(CC(=O)O)CCN1. The quantitative estimate of drug-likeness (QED) is 0.188. The number of hydrogen-bond donors (Lipinski definition) is 6. The van der Waals surface area contributed by atoms with Gasteiger partial charge in [0, 0.05) is 51.9 Å². The van der Waals surface area contributed by atoms with E-state index in [2.05, 4.69) is 5.32 Å². The summed E-state index contributed by atoms with van der Waals surface area (Å²) in [6.45, 7) is -0.265. The molecule has 7 N–H and O–H groups in total. The van der Waals surface area contributed by atoms with Crippen molar-refractivity contribution in [2.24, 2.45) is 11.7 Å². The van der Waals surface area contributed by atoms with E-state index in [9.17, 15) is 34.2 Å². The summed E-state index contributed by atoms with van der Waals surface area (Å²) >= 11 is 0. The molecule has 0 radical (unpaired) electrons. The van der Waals surface area contributed by atoms with E-state index in [1.54, 1.807) is 9.80 Å². The van der Waals surface area contributed by atoms with E-state index in [1.165, 1.54) is 4.90 Å². The van der Waals surface area contributed by atoms with Crippen molar-refractivity contribution >= 4 is 29.8 Å². The number of carbonyl (C=O) groups is 5. The summed E-state index contributed by atoms with van der Waals surface area (Å²) in [7, 11) is 0. The van der Waals surface area contributed by atoms with Gasteiger partial charge < -0.3 is 31.5 Å². The number of nitrogens with zero attached hydrogens (tertiary/aromatic N) is 3. The molecule has 2 atom stereocenters. The Bertz CT molecular complexity index is 660. The molecule has 0 aromatic heterocycles. The molecule has 14 nitrogen and oxygen atoms in total. The van der Waals surface area contributed by atoms with Crippen LogP contribution in [0.3, 0.4) is 0 Å². The van der Waals surface area contributed by atoms with Crippen LogP contribution in [0.5, 0.6) is 0 Å². The molecule has 14 heteroatoms. The number of aliphatic carboxylic acids is 4. The molecule has 1 aliphatic rings. The first-order valence-corrected chi connectivity index (χ1v) is 9.57. The van der Waals surface area contributed by atoms with Gasteiger partial charge in [0.1, 0.15) is 0 Å². The molecule has 0 spiro atoms. The van der Waals surface area contributed by atoms with E-state index >= 15 is 0 Å². The zero-order valence-electron chi connectivity index (χ0n) is 17.0. The van der Waals surface area contributed by atoms with Crippen molar-refractivity contribution in [3.63, 3.8) is 0 Å². The van der Waals surface area contributed by atoms with E-state index in [0.717, 1.165) is 0 Å². The predicted molar refractivity (Wildman–Crippen MR) is 104 cm³/mol. The second-order valence-electron chi connectivity index (χ2n) is 7.25. The van der Waals surface area contributed by atoms with Gasteiger partial charge in [-0.15, -0.1) is 0 Å². The summed E-state index contributed by atoms with van der Waals surface area (Å²) < 4.78 is 0. The lowest BCUT2D eigenvalue weighted by atomic mass is 9.98. The van der Waals surface area contributed by atoms with Gasteiger partial charge in [-0.05, 0) is 0 Å². The Kier molecular flexibility index (Phi) is 10.8. The maximum atomic E-state index is 11.7. The van der Waals surface area contributed by atoms with Crippen LogP contribution in [0.4, 0.5) is 0 Å². The summed E-state index contributed by atoms with van der Waals surface area (Å²) in [4.78, 5) is 61.4. The number of rotatable bonds is 9. The fourth-order valence-electron chi connectivity index (χ4n) is 3.38. The summed E-state index contributed by atoms with van der Waals surface area (Å²) in [5.74, 6) is -7.55. The van der Waals surface area contributed by atoms with Crippen LogP contribution < -0.4 is 11.1 Å². The number of carboxylic acids is 4. The zero-order chi connectivity index (χ0) is 23.6. The van der Waals surface area contributed by atoms with Gasteiger partial charge in [0.15, 0.2) is 5.92 Å². The minimum absolute atomic E-state index is 0.0851. The highest BCUT2D eigenvalue weighted by molar-refractivity contribution is 5.97. The fourth-order valence-corrected chi connectivity index (χ4v) is 3.38. The monoisotopic (exact) mass is 447 g/mol. The van der Waals surface area contributed by atoms with Crippen molar-refractivity contribution in [3.8, 4) is 0 Å². The van der Waals surface area contributed by atoms with E-state index in [0.29, 0.717) is 0 Å². The molecule has 176 valence electrons. The summed E-state index contributed by atoms with van der Waals surface area (Å²) in [5, 5.41) is 39.7. The number of hydrogen-bond acceptors (Lipinski definition) is 9. The first-order chi connectivity index (χ1) is 14.5. The molecule has 2 unspecified atom stereocenters. The molecule has 1 heterocycles. The van der Waals surface area contributed by atoms with E-state index in [-0.39, 0.29) is 58.9 Å². The van der Waals surface area contributed by atoms with Crippen molar-refractivity contribution in [1.29, 1.82) is 0 Å². The number of primary amides is 1. The molecule has 1 rings (SSSR count). The van der Waals surface area contributed by atoms with E-state index in [1.807, 2.05) is 0 Å². The van der Waals surface area contributed by atoms with Crippen LogP contribution in [0.25, 0.3) is 0 Å². The molecular weight excluding hydrogens is 418 g/mol. The van der Waals surface area contributed by atoms with Crippen molar-refractivity contribution in [2.45, 2.75) is 6.04 Å². The van der Waals surface area contributed by atoms with Gasteiger partial charge in [-0.1, -0.05) is 0 Å². The number of carboxylic acid groups (broad SMARTS) is 4. The second kappa shape index (κ2) is 12.8. The Hall–Kier alpha value is -2.81. The third kappa shape index (κ3) is 10.2. The minimum atomic E-state index is -1.64. The average molecular weight is 447 g/mol. The van der Waals surface area contributed by atoms with Crippen molar-refractivity contribution in [3.05, 3.63) is 0 Å². The van der Waals surface area contributed by atoms with Crippen LogP contribution in [0, 0.1) is 5.92 Å². The van der Waals surface area contributed by atoms with Gasteiger partial charge >= 0.3 is 23.9 Å². The number of nitrogens with two attached hydrogens (primary N) is 1. The fraction of sp³-hybridized carbons (Fsp3) is 0.706. The Morgan fingerprint density at radius 3 is 1.61 bits per heavy atom. The van der Waals surface area contributed by atoms with Crippen molar-refractivity contribution < 1.29 is 44.4 Å². The number of carbonyl (C=O) groups excluding carboxylic acids is 1. The van der Waals surface area contributed by atoms with Crippen molar-refractivity contribution in [1.82, 2.24) is 20.0 Å². The van der Waals surface area contributed by atoms with Crippen LogP contribution >= 0.6 is 0 Å². The highest BCUT2D eigenvalue weighted by Gasteiger charge is 2.35. The number of amides is 1. The highest BCUT2D eigenvalue weighted by Crippen LogP contribution is 2.09. The van der Waals surface area contributed by atoms with Gasteiger partial charge in [-0.2, -0.15) is 0 Å².